The quantitative estimate of drug-likeness (QED) is 0.479. The van der Waals surface area contributed by atoms with E-state index in [9.17, 15) is 9.59 Å². The van der Waals surface area contributed by atoms with Crippen molar-refractivity contribution in [3.8, 4) is 0 Å². The van der Waals surface area contributed by atoms with Gasteiger partial charge in [0.2, 0.25) is 0 Å². The van der Waals surface area contributed by atoms with Gasteiger partial charge in [0.05, 0.1) is 0 Å². The molecular formula is C14H28N2O4. The van der Waals surface area contributed by atoms with Crippen molar-refractivity contribution in [2.24, 2.45) is 5.92 Å². The lowest BCUT2D eigenvalue weighted by atomic mass is 9.97. The molecule has 118 valence electrons. The smallest absolute Gasteiger partial charge is 0.314 e. The summed E-state index contributed by atoms with van der Waals surface area (Å²) in [6, 6.07) is -0.172. The number of carbonyl (C=O) groups excluding carboxylic acids is 1. The molecule has 0 aliphatic heterocycles. The van der Waals surface area contributed by atoms with Crippen LogP contribution < -0.4 is 10.6 Å². The Morgan fingerprint density at radius 1 is 1.15 bits per heavy atom. The Hall–Kier alpha value is -1.30. The zero-order chi connectivity index (χ0) is 15.2. The molecule has 0 spiro atoms. The van der Waals surface area contributed by atoms with Gasteiger partial charge in [-0.25, -0.2) is 4.79 Å². The molecule has 0 aromatic heterocycles. The fourth-order valence-corrected chi connectivity index (χ4v) is 1.85. The lowest BCUT2D eigenvalue weighted by Gasteiger charge is -2.14. The zero-order valence-corrected chi connectivity index (χ0v) is 12.6. The van der Waals surface area contributed by atoms with Crippen LogP contribution in [0.2, 0.25) is 0 Å². The van der Waals surface area contributed by atoms with Crippen LogP contribution in [0.15, 0.2) is 0 Å². The first-order valence-electron chi connectivity index (χ1n) is 7.41. The molecule has 0 heterocycles. The highest BCUT2D eigenvalue weighted by Gasteiger charge is 2.09. The maximum Gasteiger partial charge on any atom is 0.314 e. The van der Waals surface area contributed by atoms with Gasteiger partial charge in [0, 0.05) is 32.7 Å². The number of carbonyl (C=O) groups is 2. The average Bonchev–Trinajstić information content (AvgIpc) is 2.42. The molecule has 0 radical (unpaired) electrons. The number of carboxylic acid groups (broad SMARTS) is 1. The van der Waals surface area contributed by atoms with Crippen LogP contribution in [0.4, 0.5) is 4.79 Å². The number of hydrogen-bond donors (Lipinski definition) is 3. The fraction of sp³-hybridized carbons (Fsp3) is 0.857. The van der Waals surface area contributed by atoms with Crippen molar-refractivity contribution in [3.63, 3.8) is 0 Å². The van der Waals surface area contributed by atoms with E-state index in [0.717, 1.165) is 19.3 Å². The Morgan fingerprint density at radius 3 is 2.45 bits per heavy atom. The monoisotopic (exact) mass is 288 g/mol. The molecule has 0 saturated heterocycles. The van der Waals surface area contributed by atoms with Gasteiger partial charge >= 0.3 is 12.0 Å². The van der Waals surface area contributed by atoms with Crippen molar-refractivity contribution in [2.45, 2.75) is 46.0 Å². The molecule has 1 unspecified atom stereocenters. The Labute approximate surface area is 121 Å². The van der Waals surface area contributed by atoms with Crippen molar-refractivity contribution < 1.29 is 19.4 Å². The van der Waals surface area contributed by atoms with Crippen LogP contribution >= 0.6 is 0 Å². The van der Waals surface area contributed by atoms with Crippen LogP contribution in [0.25, 0.3) is 0 Å². The predicted octanol–water partition coefficient (Wildman–Crippen LogP) is 1.99. The fourth-order valence-electron chi connectivity index (χ4n) is 1.85. The first-order valence-corrected chi connectivity index (χ1v) is 7.41. The maximum atomic E-state index is 11.5. The Kier molecular flexibility index (Phi) is 11.9. The van der Waals surface area contributed by atoms with Gasteiger partial charge in [0.25, 0.3) is 0 Å². The highest BCUT2D eigenvalue weighted by molar-refractivity contribution is 5.73. The van der Waals surface area contributed by atoms with E-state index < -0.39 is 5.97 Å². The van der Waals surface area contributed by atoms with Gasteiger partial charge < -0.3 is 20.5 Å². The molecule has 0 aliphatic carbocycles. The van der Waals surface area contributed by atoms with Crippen molar-refractivity contribution in [2.75, 3.05) is 26.3 Å². The van der Waals surface area contributed by atoms with Gasteiger partial charge in [0.15, 0.2) is 0 Å². The van der Waals surface area contributed by atoms with Gasteiger partial charge in [0.1, 0.15) is 0 Å². The second-order valence-electron chi connectivity index (χ2n) is 4.73. The minimum absolute atomic E-state index is 0.172. The van der Waals surface area contributed by atoms with Crippen LogP contribution in [0.5, 0.6) is 0 Å². The number of amides is 2. The normalized spacial score (nSPS) is 11.9. The number of carboxylic acids is 1. The summed E-state index contributed by atoms with van der Waals surface area (Å²) in [4.78, 5) is 22.0. The summed E-state index contributed by atoms with van der Waals surface area (Å²) in [5.41, 5.74) is 0. The second-order valence-corrected chi connectivity index (χ2v) is 4.73. The lowest BCUT2D eigenvalue weighted by Crippen LogP contribution is -2.37. The molecule has 0 bridgehead atoms. The number of urea groups is 1. The van der Waals surface area contributed by atoms with Gasteiger partial charge in [-0.2, -0.15) is 0 Å². The van der Waals surface area contributed by atoms with Crippen molar-refractivity contribution >= 4 is 12.0 Å². The number of aliphatic carboxylic acids is 1. The van der Waals surface area contributed by atoms with E-state index in [0.29, 0.717) is 38.6 Å². The molecule has 20 heavy (non-hydrogen) atoms. The van der Waals surface area contributed by atoms with Gasteiger partial charge in [-0.1, -0.05) is 13.3 Å². The molecule has 6 nitrogen and oxygen atoms in total. The van der Waals surface area contributed by atoms with E-state index in [1.165, 1.54) is 0 Å². The molecule has 0 aromatic carbocycles. The van der Waals surface area contributed by atoms with Gasteiger partial charge in [-0.3, -0.25) is 4.79 Å². The summed E-state index contributed by atoms with van der Waals surface area (Å²) in [7, 11) is 0. The number of ether oxygens (including phenoxy) is 1. The van der Waals surface area contributed by atoms with E-state index in [-0.39, 0.29) is 12.5 Å². The van der Waals surface area contributed by atoms with E-state index in [1.807, 2.05) is 13.8 Å². The topological polar surface area (TPSA) is 87.7 Å². The highest BCUT2D eigenvalue weighted by Crippen LogP contribution is 2.14. The summed E-state index contributed by atoms with van der Waals surface area (Å²) in [6.45, 7) is 6.51. The van der Waals surface area contributed by atoms with E-state index >= 15 is 0 Å². The zero-order valence-electron chi connectivity index (χ0n) is 12.6. The summed E-state index contributed by atoms with van der Waals surface area (Å²) in [6.07, 6.45) is 3.42. The van der Waals surface area contributed by atoms with Crippen LogP contribution in [0.3, 0.4) is 0 Å². The van der Waals surface area contributed by atoms with Crippen LogP contribution in [0.1, 0.15) is 46.0 Å². The minimum atomic E-state index is -0.761. The summed E-state index contributed by atoms with van der Waals surface area (Å²) >= 11 is 0. The predicted molar refractivity (Wildman–Crippen MR) is 77.8 cm³/mol. The number of rotatable bonds is 12. The lowest BCUT2D eigenvalue weighted by molar-refractivity contribution is -0.137. The average molecular weight is 288 g/mol. The molecule has 1 atom stereocenters. The number of hydrogen-bond acceptors (Lipinski definition) is 3. The highest BCUT2D eigenvalue weighted by atomic mass is 16.5. The SMILES string of the molecule is CCOCCCNC(=O)NCCC(CC)CCC(=O)O. The van der Waals surface area contributed by atoms with Crippen molar-refractivity contribution in [1.82, 2.24) is 10.6 Å². The van der Waals surface area contributed by atoms with E-state index in [1.54, 1.807) is 0 Å². The Morgan fingerprint density at radius 2 is 1.85 bits per heavy atom. The summed E-state index contributed by atoms with van der Waals surface area (Å²) < 4.78 is 5.17. The molecule has 0 aliphatic rings. The molecule has 0 fully saturated rings. The largest absolute Gasteiger partial charge is 0.481 e. The van der Waals surface area contributed by atoms with E-state index in [2.05, 4.69) is 10.6 Å². The minimum Gasteiger partial charge on any atom is -0.481 e. The van der Waals surface area contributed by atoms with Gasteiger partial charge in [-0.15, -0.1) is 0 Å². The molecule has 3 N–H and O–H groups in total. The first kappa shape index (κ1) is 18.7. The second kappa shape index (κ2) is 12.7. The van der Waals surface area contributed by atoms with Gasteiger partial charge in [-0.05, 0) is 32.1 Å². The molecule has 0 rings (SSSR count). The van der Waals surface area contributed by atoms with Crippen molar-refractivity contribution in [1.29, 1.82) is 0 Å². The third-order valence-corrected chi connectivity index (χ3v) is 3.14. The van der Waals surface area contributed by atoms with Crippen LogP contribution in [-0.4, -0.2) is 43.4 Å². The first-order chi connectivity index (χ1) is 9.60. The Bertz CT molecular complexity index is 272. The molecule has 2 amide bonds. The molecular weight excluding hydrogens is 260 g/mol. The molecule has 6 heteroatoms. The van der Waals surface area contributed by atoms with E-state index in [4.69, 9.17) is 9.84 Å². The molecule has 0 aromatic rings. The maximum absolute atomic E-state index is 11.5. The number of nitrogens with one attached hydrogen (secondary N) is 2. The van der Waals surface area contributed by atoms with Crippen LogP contribution in [0, 0.1) is 5.92 Å². The Balaban J connectivity index is 3.55. The molecule has 0 saturated carbocycles. The third kappa shape index (κ3) is 11.8. The summed E-state index contributed by atoms with van der Waals surface area (Å²) in [5, 5.41) is 14.2. The standard InChI is InChI=1S/C14H28N2O4/c1-3-12(6-7-13(17)18)8-10-16-14(19)15-9-5-11-20-4-2/h12H,3-11H2,1-2H3,(H,17,18)(H2,15,16,19). The van der Waals surface area contributed by atoms with Crippen molar-refractivity contribution in [3.05, 3.63) is 0 Å². The van der Waals surface area contributed by atoms with Crippen LogP contribution in [-0.2, 0) is 9.53 Å². The summed E-state index contributed by atoms with van der Waals surface area (Å²) in [5.74, 6) is -0.409. The third-order valence-electron chi connectivity index (χ3n) is 3.14.